The number of ketones is 1. The van der Waals surface area contributed by atoms with Gasteiger partial charge in [0.05, 0.1) is 25.0 Å². The topological polar surface area (TPSA) is 66.2 Å². The van der Waals surface area contributed by atoms with Crippen LogP contribution < -0.4 is 4.74 Å². The molecule has 2 heterocycles. The molecule has 162 valence electrons. The lowest BCUT2D eigenvalue weighted by molar-refractivity contribution is 0.0953. The molecule has 3 aromatic rings. The van der Waals surface area contributed by atoms with Crippen LogP contribution >= 0.6 is 11.8 Å². The molecule has 1 aromatic heterocycles. The van der Waals surface area contributed by atoms with Crippen LogP contribution in [0.25, 0.3) is 11.4 Å². The summed E-state index contributed by atoms with van der Waals surface area (Å²) < 4.78 is 26.3. The molecule has 31 heavy (non-hydrogen) atoms. The van der Waals surface area contributed by atoms with Crippen LogP contribution in [0.3, 0.4) is 0 Å². The summed E-state index contributed by atoms with van der Waals surface area (Å²) in [6, 6.07) is 13.3. The Morgan fingerprint density at radius 2 is 1.97 bits per heavy atom. The van der Waals surface area contributed by atoms with Crippen LogP contribution in [0.15, 0.2) is 53.7 Å². The van der Waals surface area contributed by atoms with E-state index < -0.39 is 0 Å². The lowest BCUT2D eigenvalue weighted by atomic mass is 10.1. The first-order chi connectivity index (χ1) is 15.0. The largest absolute Gasteiger partial charge is 0.497 e. The Morgan fingerprint density at radius 1 is 1.23 bits per heavy atom. The van der Waals surface area contributed by atoms with E-state index in [9.17, 15) is 9.18 Å². The van der Waals surface area contributed by atoms with Gasteiger partial charge in [-0.25, -0.2) is 4.39 Å². The summed E-state index contributed by atoms with van der Waals surface area (Å²) in [6.07, 6.45) is 2.06. The second kappa shape index (κ2) is 9.62. The highest BCUT2D eigenvalue weighted by molar-refractivity contribution is 8.00. The zero-order valence-corrected chi connectivity index (χ0v) is 18.3. The van der Waals surface area contributed by atoms with E-state index in [1.54, 1.807) is 43.5 Å². The molecule has 1 fully saturated rings. The normalized spacial score (nSPS) is 16.9. The summed E-state index contributed by atoms with van der Waals surface area (Å²) in [5, 5.41) is 8.99. The number of benzene rings is 2. The first-order valence-corrected chi connectivity index (χ1v) is 11.1. The van der Waals surface area contributed by atoms with Crippen molar-refractivity contribution in [3.8, 4) is 17.1 Å². The fraction of sp³-hybridized carbons (Fsp3) is 0.348. The van der Waals surface area contributed by atoms with Crippen LogP contribution in [-0.2, 0) is 11.3 Å². The summed E-state index contributed by atoms with van der Waals surface area (Å²) >= 11 is 1.36. The minimum Gasteiger partial charge on any atom is -0.497 e. The van der Waals surface area contributed by atoms with Crippen molar-refractivity contribution in [2.75, 3.05) is 13.7 Å². The zero-order chi connectivity index (χ0) is 21.8. The van der Waals surface area contributed by atoms with E-state index in [1.165, 1.54) is 23.9 Å². The van der Waals surface area contributed by atoms with Crippen molar-refractivity contribution in [3.63, 3.8) is 0 Å². The second-order valence-electron chi connectivity index (χ2n) is 7.41. The number of ether oxygens (including phenoxy) is 2. The lowest BCUT2D eigenvalue weighted by Gasteiger charge is -2.16. The van der Waals surface area contributed by atoms with Gasteiger partial charge in [-0.3, -0.25) is 9.36 Å². The van der Waals surface area contributed by atoms with E-state index in [0.29, 0.717) is 28.8 Å². The van der Waals surface area contributed by atoms with Crippen LogP contribution in [0.5, 0.6) is 5.75 Å². The molecule has 6 nitrogen and oxygen atoms in total. The summed E-state index contributed by atoms with van der Waals surface area (Å²) in [6.45, 7) is 3.19. The molecule has 0 spiro atoms. The SMILES string of the molecule is COc1ccc(C(=O)[C@H](C)Sc2nnc(-c3ccc(F)cc3)n2C[C@@H]2CCCO2)cc1. The Bertz CT molecular complexity index is 1030. The number of rotatable bonds is 8. The molecule has 8 heteroatoms. The van der Waals surface area contributed by atoms with Gasteiger partial charge in [0.15, 0.2) is 16.8 Å². The molecule has 4 rings (SSSR count). The maximum Gasteiger partial charge on any atom is 0.192 e. The predicted molar refractivity (Wildman–Crippen MR) is 117 cm³/mol. The Labute approximate surface area is 184 Å². The number of halogens is 1. The number of hydrogen-bond acceptors (Lipinski definition) is 6. The summed E-state index contributed by atoms with van der Waals surface area (Å²) in [4.78, 5) is 12.9. The Kier molecular flexibility index (Phi) is 6.67. The highest BCUT2D eigenvalue weighted by Gasteiger charge is 2.25. The number of Topliss-reactive ketones (excluding diaryl/α,β-unsaturated/α-hetero) is 1. The van der Waals surface area contributed by atoms with Crippen molar-refractivity contribution in [3.05, 3.63) is 59.9 Å². The number of carbonyl (C=O) groups is 1. The average molecular weight is 442 g/mol. The Balaban J connectivity index is 1.58. The van der Waals surface area contributed by atoms with Crippen LogP contribution in [-0.4, -0.2) is 45.6 Å². The molecule has 1 saturated heterocycles. The van der Waals surface area contributed by atoms with Crippen molar-refractivity contribution in [2.24, 2.45) is 0 Å². The van der Waals surface area contributed by atoms with Crippen LogP contribution in [0, 0.1) is 5.82 Å². The van der Waals surface area contributed by atoms with Crippen LogP contribution in [0.1, 0.15) is 30.1 Å². The van der Waals surface area contributed by atoms with Gasteiger partial charge in [0, 0.05) is 17.7 Å². The molecule has 2 aromatic carbocycles. The molecule has 0 bridgehead atoms. The molecule has 0 N–H and O–H groups in total. The fourth-order valence-electron chi connectivity index (χ4n) is 3.55. The van der Waals surface area contributed by atoms with Gasteiger partial charge in [-0.15, -0.1) is 10.2 Å². The fourth-order valence-corrected chi connectivity index (χ4v) is 4.48. The summed E-state index contributed by atoms with van der Waals surface area (Å²) in [7, 11) is 1.59. The smallest absolute Gasteiger partial charge is 0.192 e. The van der Waals surface area contributed by atoms with Gasteiger partial charge >= 0.3 is 0 Å². The average Bonchev–Trinajstić information content (AvgIpc) is 3.45. The Morgan fingerprint density at radius 3 is 2.61 bits per heavy atom. The van der Waals surface area contributed by atoms with Gasteiger partial charge in [-0.2, -0.15) is 0 Å². The van der Waals surface area contributed by atoms with Gasteiger partial charge in [0.1, 0.15) is 11.6 Å². The maximum atomic E-state index is 13.4. The van der Waals surface area contributed by atoms with E-state index in [4.69, 9.17) is 9.47 Å². The van der Waals surface area contributed by atoms with Crippen molar-refractivity contribution in [1.29, 1.82) is 0 Å². The molecule has 0 saturated carbocycles. The molecule has 2 atom stereocenters. The number of methoxy groups -OCH3 is 1. The molecule has 0 unspecified atom stereocenters. The molecule has 0 aliphatic carbocycles. The first-order valence-electron chi connectivity index (χ1n) is 10.2. The first kappa shape index (κ1) is 21.5. The van der Waals surface area contributed by atoms with E-state index in [1.807, 2.05) is 11.5 Å². The standard InChI is InChI=1S/C23H24FN3O3S/c1-15(21(28)16-7-11-19(29-2)12-8-16)31-23-26-25-22(17-5-9-18(24)10-6-17)27(23)14-20-4-3-13-30-20/h5-12,15,20H,3-4,13-14H2,1-2H3/t15-,20-/m0/s1. The van der Waals surface area contributed by atoms with Crippen molar-refractivity contribution < 1.29 is 18.7 Å². The highest BCUT2D eigenvalue weighted by Crippen LogP contribution is 2.30. The number of aromatic nitrogens is 3. The van der Waals surface area contributed by atoms with Gasteiger partial charge in [-0.05, 0) is 68.3 Å². The minimum atomic E-state index is -0.359. The Hall–Kier alpha value is -2.71. The van der Waals surface area contributed by atoms with Gasteiger partial charge < -0.3 is 9.47 Å². The van der Waals surface area contributed by atoms with E-state index in [2.05, 4.69) is 10.2 Å². The monoisotopic (exact) mass is 441 g/mol. The third-order valence-electron chi connectivity index (χ3n) is 5.26. The van der Waals surface area contributed by atoms with Crippen molar-refractivity contribution in [1.82, 2.24) is 14.8 Å². The maximum absolute atomic E-state index is 13.4. The molecular weight excluding hydrogens is 417 g/mol. The molecule has 0 radical (unpaired) electrons. The van der Waals surface area contributed by atoms with Crippen molar-refractivity contribution >= 4 is 17.5 Å². The van der Waals surface area contributed by atoms with Gasteiger partial charge in [0.2, 0.25) is 0 Å². The molecule has 1 aliphatic heterocycles. The third-order valence-corrected chi connectivity index (χ3v) is 6.34. The second-order valence-corrected chi connectivity index (χ2v) is 8.72. The zero-order valence-electron chi connectivity index (χ0n) is 17.5. The van der Waals surface area contributed by atoms with E-state index >= 15 is 0 Å². The van der Waals surface area contributed by atoms with Gasteiger partial charge in [0.25, 0.3) is 0 Å². The predicted octanol–water partition coefficient (Wildman–Crippen LogP) is 4.64. The van der Waals surface area contributed by atoms with Gasteiger partial charge in [-0.1, -0.05) is 11.8 Å². The summed E-state index contributed by atoms with van der Waals surface area (Å²) in [5.41, 5.74) is 1.39. The minimum absolute atomic E-state index is 0.00246. The number of thioether (sulfide) groups is 1. The van der Waals surface area contributed by atoms with Crippen LogP contribution in [0.2, 0.25) is 0 Å². The van der Waals surface area contributed by atoms with E-state index in [-0.39, 0.29) is 23.0 Å². The summed E-state index contributed by atoms with van der Waals surface area (Å²) in [5.74, 6) is 1.05. The lowest BCUT2D eigenvalue weighted by Crippen LogP contribution is -2.19. The molecular formula is C23H24FN3O3S. The van der Waals surface area contributed by atoms with Crippen molar-refractivity contribution in [2.45, 2.75) is 42.8 Å². The quantitative estimate of drug-likeness (QED) is 0.375. The van der Waals surface area contributed by atoms with Crippen LogP contribution in [0.4, 0.5) is 4.39 Å². The molecule has 1 aliphatic rings. The molecule has 0 amide bonds. The highest BCUT2D eigenvalue weighted by atomic mass is 32.2. The number of nitrogens with zero attached hydrogens (tertiary/aromatic N) is 3. The third kappa shape index (κ3) is 4.97. The number of carbonyl (C=O) groups excluding carboxylic acids is 1. The van der Waals surface area contributed by atoms with E-state index in [0.717, 1.165) is 25.0 Å². The number of hydrogen-bond donors (Lipinski definition) is 0.